The van der Waals surface area contributed by atoms with E-state index in [1.807, 2.05) is 18.2 Å². The maximum atomic E-state index is 8.84. The Labute approximate surface area is 108 Å². The van der Waals surface area contributed by atoms with Crippen LogP contribution in [-0.2, 0) is 6.54 Å². The summed E-state index contributed by atoms with van der Waals surface area (Å²) in [6.45, 7) is 5.00. The summed E-state index contributed by atoms with van der Waals surface area (Å²) in [5.41, 5.74) is 2.72. The Hall–Kier alpha value is -1.55. The number of rotatable bonds is 4. The summed E-state index contributed by atoms with van der Waals surface area (Å²) in [5, 5.41) is 12.1. The summed E-state index contributed by atoms with van der Waals surface area (Å²) in [5.74, 6) is 0.899. The summed E-state index contributed by atoms with van der Waals surface area (Å²) in [4.78, 5) is 2.42. The van der Waals surface area contributed by atoms with Crippen LogP contribution < -0.4 is 4.74 Å². The summed E-state index contributed by atoms with van der Waals surface area (Å²) in [6.07, 6.45) is 2.55. The summed E-state index contributed by atoms with van der Waals surface area (Å²) in [6, 6.07) is 5.91. The molecule has 4 nitrogen and oxygen atoms in total. The molecule has 0 radical (unpaired) electrons. The molecule has 18 heavy (non-hydrogen) atoms. The van der Waals surface area contributed by atoms with Crippen molar-refractivity contribution in [2.45, 2.75) is 26.3 Å². The fraction of sp³-hybridized carbons (Fsp3) is 0.500. The molecule has 0 spiro atoms. The topological polar surface area (TPSA) is 45.1 Å². The van der Waals surface area contributed by atoms with Crippen LogP contribution in [0.4, 0.5) is 0 Å². The van der Waals surface area contributed by atoms with Gasteiger partial charge in [-0.25, -0.2) is 0 Å². The molecule has 0 aliphatic carbocycles. The van der Waals surface area contributed by atoms with E-state index in [2.05, 4.69) is 10.1 Å². The normalized spacial score (nSPS) is 17.1. The van der Waals surface area contributed by atoms with Gasteiger partial charge in [0.15, 0.2) is 0 Å². The molecule has 2 rings (SSSR count). The highest BCUT2D eigenvalue weighted by molar-refractivity contribution is 5.98. The number of oxime groups is 1. The quantitative estimate of drug-likeness (QED) is 0.506. The average Bonchev–Trinajstić information content (AvgIpc) is 2.90. The van der Waals surface area contributed by atoms with E-state index in [0.29, 0.717) is 5.71 Å². The Morgan fingerprint density at radius 3 is 2.72 bits per heavy atom. The Morgan fingerprint density at radius 1 is 1.39 bits per heavy atom. The van der Waals surface area contributed by atoms with E-state index >= 15 is 0 Å². The van der Waals surface area contributed by atoms with Gasteiger partial charge in [-0.1, -0.05) is 5.16 Å². The van der Waals surface area contributed by atoms with E-state index in [1.54, 1.807) is 14.0 Å². The van der Waals surface area contributed by atoms with Crippen LogP contribution in [0.15, 0.2) is 23.4 Å². The van der Waals surface area contributed by atoms with Crippen LogP contribution in [0.25, 0.3) is 0 Å². The molecule has 0 bridgehead atoms. The second kappa shape index (κ2) is 5.87. The van der Waals surface area contributed by atoms with Crippen LogP contribution in [0.3, 0.4) is 0 Å². The maximum Gasteiger partial charge on any atom is 0.123 e. The van der Waals surface area contributed by atoms with Crippen molar-refractivity contribution in [3.63, 3.8) is 0 Å². The highest BCUT2D eigenvalue weighted by Gasteiger charge is 2.15. The predicted molar refractivity (Wildman–Crippen MR) is 71.5 cm³/mol. The first-order valence-electron chi connectivity index (χ1n) is 6.33. The van der Waals surface area contributed by atoms with Crippen molar-refractivity contribution in [1.82, 2.24) is 4.90 Å². The lowest BCUT2D eigenvalue weighted by Crippen LogP contribution is -2.19. The molecule has 1 aliphatic heterocycles. The van der Waals surface area contributed by atoms with Gasteiger partial charge < -0.3 is 9.94 Å². The molecule has 98 valence electrons. The average molecular weight is 248 g/mol. The molecular weight excluding hydrogens is 228 g/mol. The first-order valence-corrected chi connectivity index (χ1v) is 6.33. The summed E-state index contributed by atoms with van der Waals surface area (Å²) < 4.78 is 5.39. The van der Waals surface area contributed by atoms with Crippen molar-refractivity contribution >= 4 is 5.71 Å². The van der Waals surface area contributed by atoms with Crippen molar-refractivity contribution in [1.29, 1.82) is 0 Å². The van der Waals surface area contributed by atoms with E-state index in [1.165, 1.54) is 12.8 Å². The molecule has 4 heteroatoms. The number of methoxy groups -OCH3 is 1. The standard InChI is InChI=1S/C14H20N2O2/c1-11(15-17)12-5-6-14(18-2)13(9-12)10-16-7-3-4-8-16/h5-6,9,17H,3-4,7-8,10H2,1-2H3/b15-11-. The molecule has 1 heterocycles. The van der Waals surface area contributed by atoms with Gasteiger partial charge in [0.2, 0.25) is 0 Å². The molecule has 0 atom stereocenters. The predicted octanol–water partition coefficient (Wildman–Crippen LogP) is 2.49. The van der Waals surface area contributed by atoms with E-state index < -0.39 is 0 Å². The number of hydrogen-bond donors (Lipinski definition) is 1. The van der Waals surface area contributed by atoms with Crippen molar-refractivity contribution in [2.24, 2.45) is 5.16 Å². The van der Waals surface area contributed by atoms with Gasteiger partial charge in [-0.15, -0.1) is 0 Å². The summed E-state index contributed by atoms with van der Waals surface area (Å²) in [7, 11) is 1.69. The first-order chi connectivity index (χ1) is 8.74. The lowest BCUT2D eigenvalue weighted by Gasteiger charge is -2.17. The fourth-order valence-electron chi connectivity index (χ4n) is 2.37. The van der Waals surface area contributed by atoms with Crippen molar-refractivity contribution in [3.8, 4) is 5.75 Å². The van der Waals surface area contributed by atoms with Gasteiger partial charge in [0, 0.05) is 12.1 Å². The molecule has 1 aromatic rings. The van der Waals surface area contributed by atoms with Gasteiger partial charge in [0.25, 0.3) is 0 Å². The molecular formula is C14H20N2O2. The molecule has 1 aliphatic rings. The van der Waals surface area contributed by atoms with Crippen molar-refractivity contribution < 1.29 is 9.94 Å². The molecule has 0 saturated carbocycles. The number of hydrogen-bond acceptors (Lipinski definition) is 4. The van der Waals surface area contributed by atoms with Gasteiger partial charge in [-0.2, -0.15) is 0 Å². The Morgan fingerprint density at radius 2 is 2.11 bits per heavy atom. The third-order valence-corrected chi connectivity index (χ3v) is 3.44. The third-order valence-electron chi connectivity index (χ3n) is 3.44. The van der Waals surface area contributed by atoms with Crippen LogP contribution >= 0.6 is 0 Å². The molecule has 0 unspecified atom stereocenters. The Kier molecular flexibility index (Phi) is 4.20. The molecule has 1 N–H and O–H groups in total. The van der Waals surface area contributed by atoms with Gasteiger partial charge >= 0.3 is 0 Å². The van der Waals surface area contributed by atoms with Gasteiger partial charge in [0.05, 0.1) is 12.8 Å². The zero-order chi connectivity index (χ0) is 13.0. The largest absolute Gasteiger partial charge is 0.496 e. The molecule has 0 aromatic heterocycles. The first kappa shape index (κ1) is 12.9. The minimum atomic E-state index is 0.625. The maximum absolute atomic E-state index is 8.84. The molecule has 0 amide bonds. The molecule has 1 aromatic carbocycles. The third kappa shape index (κ3) is 2.82. The van der Waals surface area contributed by atoms with E-state index in [4.69, 9.17) is 9.94 Å². The summed E-state index contributed by atoms with van der Waals surface area (Å²) >= 11 is 0. The van der Waals surface area contributed by atoms with E-state index in [0.717, 1.165) is 36.5 Å². The second-order valence-electron chi connectivity index (χ2n) is 4.70. The monoisotopic (exact) mass is 248 g/mol. The molecule has 1 saturated heterocycles. The van der Waals surface area contributed by atoms with Crippen molar-refractivity contribution in [2.75, 3.05) is 20.2 Å². The van der Waals surface area contributed by atoms with Gasteiger partial charge in [-0.05, 0) is 56.6 Å². The highest BCUT2D eigenvalue weighted by atomic mass is 16.5. The van der Waals surface area contributed by atoms with Crippen LogP contribution in [-0.4, -0.2) is 36.0 Å². The lowest BCUT2D eigenvalue weighted by atomic mass is 10.1. The number of benzene rings is 1. The number of likely N-dealkylation sites (tertiary alicyclic amines) is 1. The Bertz CT molecular complexity index is 437. The van der Waals surface area contributed by atoms with Crippen LogP contribution in [0.5, 0.6) is 5.75 Å². The number of nitrogens with zero attached hydrogens (tertiary/aromatic N) is 2. The van der Waals surface area contributed by atoms with Crippen LogP contribution in [0, 0.1) is 0 Å². The SMILES string of the molecule is COc1ccc(/C(C)=N\O)cc1CN1CCCC1. The van der Waals surface area contributed by atoms with Crippen LogP contribution in [0.1, 0.15) is 30.9 Å². The lowest BCUT2D eigenvalue weighted by molar-refractivity contribution is 0.318. The van der Waals surface area contributed by atoms with Gasteiger partial charge in [0.1, 0.15) is 5.75 Å². The second-order valence-corrected chi connectivity index (χ2v) is 4.70. The highest BCUT2D eigenvalue weighted by Crippen LogP contribution is 2.23. The smallest absolute Gasteiger partial charge is 0.123 e. The Balaban J connectivity index is 2.24. The minimum absolute atomic E-state index is 0.625. The number of ether oxygens (including phenoxy) is 1. The zero-order valence-corrected chi connectivity index (χ0v) is 11.0. The minimum Gasteiger partial charge on any atom is -0.496 e. The van der Waals surface area contributed by atoms with Gasteiger partial charge in [-0.3, -0.25) is 4.90 Å². The van der Waals surface area contributed by atoms with Crippen molar-refractivity contribution in [3.05, 3.63) is 29.3 Å². The fourth-order valence-corrected chi connectivity index (χ4v) is 2.37. The van der Waals surface area contributed by atoms with Crippen LogP contribution in [0.2, 0.25) is 0 Å². The zero-order valence-electron chi connectivity index (χ0n) is 11.0. The van der Waals surface area contributed by atoms with E-state index in [-0.39, 0.29) is 0 Å². The van der Waals surface area contributed by atoms with E-state index in [9.17, 15) is 0 Å². The molecule has 1 fully saturated rings.